The van der Waals surface area contributed by atoms with Gasteiger partial charge in [-0.25, -0.2) is 0 Å². The van der Waals surface area contributed by atoms with E-state index in [1.807, 2.05) is 7.05 Å². The number of nitrogens with zero attached hydrogens (tertiary/aromatic N) is 3. The Kier molecular flexibility index (Phi) is 7.63. The Labute approximate surface area is 142 Å². The van der Waals surface area contributed by atoms with Crippen LogP contribution in [0.1, 0.15) is 51.9 Å². The minimum Gasteiger partial charge on any atom is -0.379 e. The maximum absolute atomic E-state index is 5.57. The van der Waals surface area contributed by atoms with E-state index in [0.29, 0.717) is 5.54 Å². The van der Waals surface area contributed by atoms with Crippen LogP contribution in [0.3, 0.4) is 0 Å². The second-order valence-corrected chi connectivity index (χ2v) is 7.06. The van der Waals surface area contributed by atoms with Gasteiger partial charge in [0.25, 0.3) is 0 Å². The van der Waals surface area contributed by atoms with Crippen molar-refractivity contribution in [3.05, 3.63) is 0 Å². The van der Waals surface area contributed by atoms with Gasteiger partial charge in [-0.3, -0.25) is 9.89 Å². The monoisotopic (exact) mass is 324 g/mol. The summed E-state index contributed by atoms with van der Waals surface area (Å²) in [5.41, 5.74) is 0.295. The Morgan fingerprint density at radius 1 is 1.22 bits per heavy atom. The fourth-order valence-electron chi connectivity index (χ4n) is 3.98. The van der Waals surface area contributed by atoms with Crippen LogP contribution in [-0.4, -0.2) is 74.8 Å². The van der Waals surface area contributed by atoms with Crippen LogP contribution in [-0.2, 0) is 4.74 Å². The number of rotatable bonds is 6. The summed E-state index contributed by atoms with van der Waals surface area (Å²) in [7, 11) is 4.04. The summed E-state index contributed by atoms with van der Waals surface area (Å²) < 4.78 is 5.57. The van der Waals surface area contributed by atoms with Crippen LogP contribution < -0.4 is 5.32 Å². The highest BCUT2D eigenvalue weighted by Gasteiger charge is 2.38. The van der Waals surface area contributed by atoms with Gasteiger partial charge in [-0.2, -0.15) is 0 Å². The molecule has 0 radical (unpaired) electrons. The van der Waals surface area contributed by atoms with E-state index in [0.717, 1.165) is 45.4 Å². The summed E-state index contributed by atoms with van der Waals surface area (Å²) >= 11 is 0. The van der Waals surface area contributed by atoms with E-state index in [4.69, 9.17) is 4.74 Å². The van der Waals surface area contributed by atoms with Gasteiger partial charge in [-0.05, 0) is 19.3 Å². The summed E-state index contributed by atoms with van der Waals surface area (Å²) in [6.45, 7) is 8.23. The molecule has 1 saturated carbocycles. The van der Waals surface area contributed by atoms with E-state index in [1.54, 1.807) is 0 Å². The number of aliphatic imine (C=N–C) groups is 1. The van der Waals surface area contributed by atoms with Crippen LogP contribution in [0.15, 0.2) is 4.99 Å². The van der Waals surface area contributed by atoms with Crippen molar-refractivity contribution in [3.8, 4) is 0 Å². The van der Waals surface area contributed by atoms with Crippen molar-refractivity contribution in [2.75, 3.05) is 53.5 Å². The molecule has 0 spiro atoms. The summed E-state index contributed by atoms with van der Waals surface area (Å²) in [6.07, 6.45) is 9.13. The number of hydrogen-bond acceptors (Lipinski definition) is 3. The Morgan fingerprint density at radius 3 is 2.52 bits per heavy atom. The van der Waals surface area contributed by atoms with Gasteiger partial charge in [0.05, 0.1) is 13.2 Å². The molecule has 1 saturated heterocycles. The molecular formula is C18H36N4O. The number of morpholine rings is 1. The molecule has 23 heavy (non-hydrogen) atoms. The van der Waals surface area contributed by atoms with Crippen molar-refractivity contribution in [1.82, 2.24) is 15.1 Å². The highest BCUT2D eigenvalue weighted by molar-refractivity contribution is 5.79. The summed E-state index contributed by atoms with van der Waals surface area (Å²) in [5.74, 6) is 1.04. The van der Waals surface area contributed by atoms with Crippen molar-refractivity contribution in [2.45, 2.75) is 57.4 Å². The fraction of sp³-hybridized carbons (Fsp3) is 0.944. The Balaban J connectivity index is 1.96. The number of guanidine groups is 1. The molecule has 0 unspecified atom stereocenters. The van der Waals surface area contributed by atoms with Gasteiger partial charge in [-0.1, -0.05) is 32.6 Å². The quantitative estimate of drug-likeness (QED) is 0.601. The fourth-order valence-corrected chi connectivity index (χ4v) is 3.98. The largest absolute Gasteiger partial charge is 0.379 e. The lowest BCUT2D eigenvalue weighted by atomic mass is 9.80. The molecule has 0 aromatic rings. The van der Waals surface area contributed by atoms with Gasteiger partial charge in [-0.15, -0.1) is 0 Å². The van der Waals surface area contributed by atoms with Crippen molar-refractivity contribution in [1.29, 1.82) is 0 Å². The molecule has 0 aromatic heterocycles. The summed E-state index contributed by atoms with van der Waals surface area (Å²) in [6, 6.07) is 0. The van der Waals surface area contributed by atoms with E-state index in [9.17, 15) is 0 Å². The topological polar surface area (TPSA) is 40.1 Å². The molecule has 1 heterocycles. The Morgan fingerprint density at radius 2 is 1.91 bits per heavy atom. The van der Waals surface area contributed by atoms with E-state index >= 15 is 0 Å². The third-order valence-electron chi connectivity index (χ3n) is 5.46. The summed E-state index contributed by atoms with van der Waals surface area (Å²) in [5, 5.41) is 3.68. The van der Waals surface area contributed by atoms with Crippen LogP contribution >= 0.6 is 0 Å². The molecule has 0 atom stereocenters. The second kappa shape index (κ2) is 9.48. The van der Waals surface area contributed by atoms with Gasteiger partial charge in [0.1, 0.15) is 0 Å². The number of ether oxygens (including phenoxy) is 1. The first kappa shape index (κ1) is 18.5. The first-order chi connectivity index (χ1) is 11.2. The second-order valence-electron chi connectivity index (χ2n) is 7.06. The Bertz CT molecular complexity index is 360. The molecule has 1 N–H and O–H groups in total. The van der Waals surface area contributed by atoms with Crippen LogP contribution in [0.5, 0.6) is 0 Å². The molecule has 2 aliphatic rings. The van der Waals surface area contributed by atoms with Gasteiger partial charge in [0.15, 0.2) is 5.96 Å². The molecule has 134 valence electrons. The first-order valence-electron chi connectivity index (χ1n) is 9.46. The highest BCUT2D eigenvalue weighted by atomic mass is 16.5. The lowest BCUT2D eigenvalue weighted by Gasteiger charge is -2.48. The molecule has 2 rings (SSSR count). The Hall–Kier alpha value is -0.810. The molecule has 1 aliphatic heterocycles. The zero-order valence-corrected chi connectivity index (χ0v) is 15.4. The van der Waals surface area contributed by atoms with Crippen molar-refractivity contribution in [2.24, 2.45) is 4.99 Å². The molecule has 0 bridgehead atoms. The first-order valence-corrected chi connectivity index (χ1v) is 9.46. The predicted octanol–water partition coefficient (Wildman–Crippen LogP) is 2.33. The molecular weight excluding hydrogens is 288 g/mol. The normalized spacial score (nSPS) is 22.8. The SMILES string of the molecule is CCCCN(C)C(=NC)NCC1(N2CCOCC2)CCCCC1. The van der Waals surface area contributed by atoms with E-state index in [-0.39, 0.29) is 0 Å². The van der Waals surface area contributed by atoms with Gasteiger partial charge >= 0.3 is 0 Å². The van der Waals surface area contributed by atoms with E-state index in [1.165, 1.54) is 44.9 Å². The third kappa shape index (κ3) is 5.08. The average molecular weight is 325 g/mol. The number of unbranched alkanes of at least 4 members (excludes halogenated alkanes) is 1. The maximum Gasteiger partial charge on any atom is 0.193 e. The molecule has 0 aromatic carbocycles. The van der Waals surface area contributed by atoms with Crippen LogP contribution in [0, 0.1) is 0 Å². The molecule has 0 amide bonds. The smallest absolute Gasteiger partial charge is 0.193 e. The minimum atomic E-state index is 0.295. The lowest BCUT2D eigenvalue weighted by molar-refractivity contribution is -0.0354. The van der Waals surface area contributed by atoms with Crippen LogP contribution in [0.2, 0.25) is 0 Å². The molecule has 5 nitrogen and oxygen atoms in total. The number of hydrogen-bond donors (Lipinski definition) is 1. The zero-order valence-electron chi connectivity index (χ0n) is 15.4. The molecule has 2 fully saturated rings. The highest BCUT2D eigenvalue weighted by Crippen LogP contribution is 2.33. The zero-order chi connectivity index (χ0) is 16.5. The average Bonchev–Trinajstić information content (AvgIpc) is 2.62. The van der Waals surface area contributed by atoms with Crippen LogP contribution in [0.25, 0.3) is 0 Å². The van der Waals surface area contributed by atoms with Crippen LogP contribution in [0.4, 0.5) is 0 Å². The predicted molar refractivity (Wildman–Crippen MR) is 97.1 cm³/mol. The number of nitrogens with one attached hydrogen (secondary N) is 1. The van der Waals surface area contributed by atoms with Crippen molar-refractivity contribution < 1.29 is 4.74 Å². The summed E-state index contributed by atoms with van der Waals surface area (Å²) in [4.78, 5) is 9.44. The van der Waals surface area contributed by atoms with Gasteiger partial charge < -0.3 is 15.0 Å². The molecule has 1 aliphatic carbocycles. The van der Waals surface area contributed by atoms with Gasteiger partial charge in [0.2, 0.25) is 0 Å². The standard InChI is InChI=1S/C18H36N4O/c1-4-5-11-21(3)17(19-2)20-16-18(9-7-6-8-10-18)22-12-14-23-15-13-22/h4-16H2,1-3H3,(H,19,20). The third-order valence-corrected chi connectivity index (χ3v) is 5.46. The van der Waals surface area contributed by atoms with Gasteiger partial charge in [0, 0.05) is 45.8 Å². The molecule has 5 heteroatoms. The van der Waals surface area contributed by atoms with E-state index in [2.05, 4.69) is 34.1 Å². The minimum absolute atomic E-state index is 0.295. The maximum atomic E-state index is 5.57. The van der Waals surface area contributed by atoms with E-state index < -0.39 is 0 Å². The van der Waals surface area contributed by atoms with Crippen molar-refractivity contribution in [3.63, 3.8) is 0 Å². The van der Waals surface area contributed by atoms with Crippen molar-refractivity contribution >= 4 is 5.96 Å². The lowest BCUT2D eigenvalue weighted by Crippen LogP contribution is -2.60.